The van der Waals surface area contributed by atoms with Crippen LogP contribution in [0.3, 0.4) is 0 Å². The van der Waals surface area contributed by atoms with Gasteiger partial charge in [-0.3, -0.25) is 4.90 Å². The molecule has 4 rings (SSSR count). The van der Waals surface area contributed by atoms with Gasteiger partial charge < -0.3 is 4.90 Å². The van der Waals surface area contributed by atoms with Crippen molar-refractivity contribution in [3.05, 3.63) is 83.7 Å². The first-order valence-electron chi connectivity index (χ1n) is 11.9. The number of sulfonamides is 1. The summed E-state index contributed by atoms with van der Waals surface area (Å²) in [6.07, 6.45) is 1.58. The SMILES string of the molecule is C[C@@H]1CN(C)[C@H](Cc2ccccc2)c2c(N(C)Cc3ccccc3)ncnc2N(S(=O)(=O)C(F)(F)F)C1. The second kappa shape index (κ2) is 10.7. The van der Waals surface area contributed by atoms with E-state index >= 15 is 0 Å². The molecule has 2 atom stereocenters. The quantitative estimate of drug-likeness (QED) is 0.460. The van der Waals surface area contributed by atoms with Crippen molar-refractivity contribution in [1.82, 2.24) is 14.9 Å². The lowest BCUT2D eigenvalue weighted by Crippen LogP contribution is -2.48. The van der Waals surface area contributed by atoms with Gasteiger partial charge >= 0.3 is 15.5 Å². The Morgan fingerprint density at radius 3 is 2.16 bits per heavy atom. The summed E-state index contributed by atoms with van der Waals surface area (Å²) < 4.78 is 67.6. The molecule has 1 aromatic heterocycles. The molecular weight excluding hydrogens is 503 g/mol. The maximum absolute atomic E-state index is 13.8. The average Bonchev–Trinajstić information content (AvgIpc) is 2.85. The maximum Gasteiger partial charge on any atom is 0.516 e. The number of halogens is 3. The predicted molar refractivity (Wildman–Crippen MR) is 138 cm³/mol. The first kappa shape index (κ1) is 26.9. The van der Waals surface area contributed by atoms with Gasteiger partial charge in [-0.1, -0.05) is 67.6 Å². The van der Waals surface area contributed by atoms with E-state index in [1.54, 1.807) is 14.0 Å². The molecule has 0 unspecified atom stereocenters. The van der Waals surface area contributed by atoms with Crippen LogP contribution in [0.1, 0.15) is 29.7 Å². The molecule has 0 N–H and O–H groups in total. The zero-order valence-corrected chi connectivity index (χ0v) is 21.7. The van der Waals surface area contributed by atoms with E-state index in [2.05, 4.69) is 14.9 Å². The standard InChI is InChI=1S/C26H30F3N5O2S/c1-19-15-32(2)22(14-20-10-6-4-7-11-20)23-24(33(3)17-21-12-8-5-9-13-21)30-18-31-25(23)34(16-19)37(35,36)26(27,28)29/h4-13,18-19,22H,14-17H2,1-3H3/t19-,22-/m1/s1. The third-order valence-electron chi connectivity index (χ3n) is 6.50. The van der Waals surface area contributed by atoms with E-state index in [1.807, 2.05) is 72.6 Å². The van der Waals surface area contributed by atoms with E-state index in [0.717, 1.165) is 17.5 Å². The molecule has 0 bridgehead atoms. The molecule has 0 radical (unpaired) electrons. The number of hydrogen-bond acceptors (Lipinski definition) is 6. The number of fused-ring (bicyclic) bond motifs is 1. The fourth-order valence-corrected chi connectivity index (χ4v) is 5.88. The summed E-state index contributed by atoms with van der Waals surface area (Å²) in [6, 6.07) is 18.7. The minimum absolute atomic E-state index is 0.235. The van der Waals surface area contributed by atoms with E-state index in [9.17, 15) is 21.6 Å². The first-order valence-corrected chi connectivity index (χ1v) is 13.4. The number of benzene rings is 2. The number of rotatable bonds is 6. The number of likely N-dealkylation sites (N-methyl/N-ethyl adjacent to an activating group) is 1. The number of nitrogens with zero attached hydrogens (tertiary/aromatic N) is 5. The molecular formula is C26H30F3N5O2S. The van der Waals surface area contributed by atoms with Crippen molar-refractivity contribution in [2.75, 3.05) is 36.4 Å². The van der Waals surface area contributed by atoms with Gasteiger partial charge in [-0.05, 0) is 30.5 Å². The zero-order valence-electron chi connectivity index (χ0n) is 20.9. The predicted octanol–water partition coefficient (Wildman–Crippen LogP) is 4.63. The van der Waals surface area contributed by atoms with Crippen LogP contribution in [0.15, 0.2) is 67.0 Å². The van der Waals surface area contributed by atoms with Crippen LogP contribution in [0.5, 0.6) is 0 Å². The van der Waals surface area contributed by atoms with Gasteiger partial charge in [0.05, 0.1) is 5.56 Å². The highest BCUT2D eigenvalue weighted by molar-refractivity contribution is 7.93. The van der Waals surface area contributed by atoms with Crippen LogP contribution in [0, 0.1) is 5.92 Å². The van der Waals surface area contributed by atoms with E-state index < -0.39 is 21.6 Å². The van der Waals surface area contributed by atoms with Crippen molar-refractivity contribution >= 4 is 21.7 Å². The Balaban J connectivity index is 1.92. The van der Waals surface area contributed by atoms with Crippen molar-refractivity contribution in [3.8, 4) is 0 Å². The smallest absolute Gasteiger partial charge is 0.355 e. The molecule has 37 heavy (non-hydrogen) atoms. The van der Waals surface area contributed by atoms with Crippen molar-refractivity contribution < 1.29 is 21.6 Å². The summed E-state index contributed by atoms with van der Waals surface area (Å²) in [5.41, 5.74) is -3.17. The number of alkyl halides is 3. The van der Waals surface area contributed by atoms with Crippen LogP contribution in [-0.2, 0) is 23.0 Å². The highest BCUT2D eigenvalue weighted by Gasteiger charge is 2.52. The fourth-order valence-electron chi connectivity index (χ4n) is 4.81. The van der Waals surface area contributed by atoms with Crippen LogP contribution in [-0.4, -0.2) is 56.0 Å². The van der Waals surface area contributed by atoms with E-state index in [-0.39, 0.29) is 18.3 Å². The number of hydrogen-bond donors (Lipinski definition) is 0. The van der Waals surface area contributed by atoms with Gasteiger partial charge in [-0.15, -0.1) is 0 Å². The lowest BCUT2D eigenvalue weighted by Gasteiger charge is -2.39. The molecule has 2 aromatic carbocycles. The molecule has 198 valence electrons. The molecule has 0 fully saturated rings. The van der Waals surface area contributed by atoms with Gasteiger partial charge in [0.25, 0.3) is 0 Å². The summed E-state index contributed by atoms with van der Waals surface area (Å²) in [5, 5.41) is 0. The van der Waals surface area contributed by atoms with Gasteiger partial charge in [0, 0.05) is 32.7 Å². The second-order valence-corrected chi connectivity index (χ2v) is 11.4. The van der Waals surface area contributed by atoms with Crippen molar-refractivity contribution in [3.63, 3.8) is 0 Å². The average molecular weight is 534 g/mol. The highest BCUT2D eigenvalue weighted by Crippen LogP contribution is 2.42. The minimum Gasteiger partial charge on any atom is -0.355 e. The Kier molecular flexibility index (Phi) is 7.75. The van der Waals surface area contributed by atoms with E-state index in [4.69, 9.17) is 0 Å². The molecule has 1 aliphatic heterocycles. The van der Waals surface area contributed by atoms with Crippen molar-refractivity contribution in [2.24, 2.45) is 5.92 Å². The number of aromatic nitrogens is 2. The van der Waals surface area contributed by atoms with Gasteiger partial charge in [0.1, 0.15) is 12.1 Å². The summed E-state index contributed by atoms with van der Waals surface area (Å²) in [7, 11) is -2.00. The molecule has 2 heterocycles. The summed E-state index contributed by atoms with van der Waals surface area (Å²) in [4.78, 5) is 12.5. The molecule has 7 nitrogen and oxygen atoms in total. The van der Waals surface area contributed by atoms with Gasteiger partial charge in [0.15, 0.2) is 5.82 Å². The summed E-state index contributed by atoms with van der Waals surface area (Å²) >= 11 is 0. The van der Waals surface area contributed by atoms with Gasteiger partial charge in [0.2, 0.25) is 0 Å². The molecule has 1 aliphatic rings. The third-order valence-corrected chi connectivity index (χ3v) is 7.99. The van der Waals surface area contributed by atoms with Crippen LogP contribution >= 0.6 is 0 Å². The second-order valence-electron chi connectivity index (χ2n) is 9.51. The van der Waals surface area contributed by atoms with Gasteiger partial charge in [-0.2, -0.15) is 21.6 Å². The van der Waals surface area contributed by atoms with Crippen molar-refractivity contribution in [1.29, 1.82) is 0 Å². The van der Waals surface area contributed by atoms with Crippen LogP contribution in [0.25, 0.3) is 0 Å². The topological polar surface area (TPSA) is 69.6 Å². The lowest BCUT2D eigenvalue weighted by atomic mass is 9.95. The highest BCUT2D eigenvalue weighted by atomic mass is 32.2. The Bertz CT molecular complexity index is 1310. The molecule has 0 spiro atoms. The molecule has 0 saturated heterocycles. The van der Waals surface area contributed by atoms with E-state index in [1.165, 1.54) is 0 Å². The van der Waals surface area contributed by atoms with Crippen LogP contribution in [0.2, 0.25) is 0 Å². The van der Waals surface area contributed by atoms with Crippen molar-refractivity contribution in [2.45, 2.75) is 31.4 Å². The number of anilines is 2. The molecule has 3 aromatic rings. The van der Waals surface area contributed by atoms with Crippen LogP contribution < -0.4 is 9.21 Å². The molecule has 11 heteroatoms. The first-order chi connectivity index (χ1) is 17.5. The van der Waals surface area contributed by atoms with Gasteiger partial charge in [-0.25, -0.2) is 14.3 Å². The Labute approximate surface area is 215 Å². The third kappa shape index (κ3) is 5.72. The Hall–Kier alpha value is -3.18. The molecule has 0 amide bonds. The Morgan fingerprint density at radius 1 is 0.973 bits per heavy atom. The lowest BCUT2D eigenvalue weighted by molar-refractivity contribution is -0.0439. The molecule has 0 aliphatic carbocycles. The summed E-state index contributed by atoms with van der Waals surface area (Å²) in [5.74, 6) is -0.228. The Morgan fingerprint density at radius 2 is 1.57 bits per heavy atom. The zero-order chi connectivity index (χ0) is 26.8. The summed E-state index contributed by atoms with van der Waals surface area (Å²) in [6.45, 7) is 2.20. The van der Waals surface area contributed by atoms with E-state index in [0.29, 0.717) is 35.2 Å². The van der Waals surface area contributed by atoms with Crippen LogP contribution in [0.4, 0.5) is 24.8 Å². The monoisotopic (exact) mass is 533 g/mol. The minimum atomic E-state index is -5.69. The largest absolute Gasteiger partial charge is 0.516 e. The fraction of sp³-hybridized carbons (Fsp3) is 0.385. The normalized spacial score (nSPS) is 19.1. The molecule has 0 saturated carbocycles. The maximum atomic E-state index is 13.8.